The van der Waals surface area contributed by atoms with Crippen LogP contribution in [-0.2, 0) is 29.6 Å². The Labute approximate surface area is 330 Å². The number of carboxylic acid groups (broad SMARTS) is 1. The minimum atomic E-state index is -3.11. The Morgan fingerprint density at radius 1 is 0.661 bits per heavy atom. The van der Waals surface area contributed by atoms with E-state index in [2.05, 4.69) is 0 Å². The first-order valence-corrected chi connectivity index (χ1v) is 17.3. The molecular formula is C40H32O19. The lowest BCUT2D eigenvalue weighted by Gasteiger charge is -2.50. The Bertz CT molecular complexity index is 2480. The van der Waals surface area contributed by atoms with E-state index in [0.29, 0.717) is 0 Å². The zero-order valence-corrected chi connectivity index (χ0v) is 30.0. The number of fused-ring (bicyclic) bond motifs is 3. The van der Waals surface area contributed by atoms with E-state index in [-0.39, 0.29) is 28.2 Å². The number of ketones is 1. The predicted octanol–water partition coefficient (Wildman–Crippen LogP) is 2.03. The summed E-state index contributed by atoms with van der Waals surface area (Å²) < 4.78 is 28.6. The van der Waals surface area contributed by atoms with Crippen molar-refractivity contribution in [3.63, 3.8) is 0 Å². The normalized spacial score (nSPS) is 25.7. The minimum absolute atomic E-state index is 0.162. The van der Waals surface area contributed by atoms with Crippen molar-refractivity contribution in [2.45, 2.75) is 48.3 Å². The number of carboxylic acids is 1. The van der Waals surface area contributed by atoms with Crippen molar-refractivity contribution in [2.75, 3.05) is 0 Å². The number of hydrogen-bond donors (Lipinski definition) is 10. The zero-order chi connectivity index (χ0) is 42.6. The fourth-order valence-electron chi connectivity index (χ4n) is 6.80. The van der Waals surface area contributed by atoms with E-state index in [0.717, 1.165) is 48.6 Å². The number of aliphatic carboxylic acids is 1. The third-order valence-corrected chi connectivity index (χ3v) is 9.71. The molecule has 2 unspecified atom stereocenters. The number of esters is 2. The molecule has 19 heteroatoms. The lowest BCUT2D eigenvalue weighted by atomic mass is 9.79. The van der Waals surface area contributed by atoms with Gasteiger partial charge in [0.15, 0.2) is 46.2 Å². The van der Waals surface area contributed by atoms with Gasteiger partial charge >= 0.3 is 29.5 Å². The van der Waals surface area contributed by atoms with Crippen LogP contribution in [0.2, 0.25) is 0 Å². The quantitative estimate of drug-likeness (QED) is 0.0691. The third kappa shape index (κ3) is 7.09. The van der Waals surface area contributed by atoms with Crippen LogP contribution in [0, 0.1) is 0 Å². The van der Waals surface area contributed by atoms with E-state index in [1.807, 2.05) is 0 Å². The standard InChI is InChI=1S/C40H32O19/c41-21-14-26(46)34-30(15-21)59-40(20-5-7-23(43)25(45)13-20)39(54,36(34)50)57-28-8-2-19(12-29(28)58-40)4-9-32(48)55-31-17-38(53,37(51)52)16-27(47)35(31)56-33(49)10-3-18-1-6-22(42)24(44)11-18/h1-15,27,31,35,41-47,53-54H,16-17H2,(H,51,52)/b9-4+,10-3+/t27-,31-,35-,38+,39?,40?/m1/s1. The van der Waals surface area contributed by atoms with Crippen LogP contribution in [0.15, 0.2) is 78.9 Å². The van der Waals surface area contributed by atoms with Crippen LogP contribution >= 0.6 is 0 Å². The van der Waals surface area contributed by atoms with E-state index >= 15 is 0 Å². The Morgan fingerprint density at radius 3 is 1.93 bits per heavy atom. The molecule has 19 nitrogen and oxygen atoms in total. The highest BCUT2D eigenvalue weighted by molar-refractivity contribution is 6.08. The summed E-state index contributed by atoms with van der Waals surface area (Å²) in [6.45, 7) is 0. The lowest BCUT2D eigenvalue weighted by molar-refractivity contribution is -0.316. The molecule has 1 fully saturated rings. The molecule has 1 aliphatic carbocycles. The summed E-state index contributed by atoms with van der Waals surface area (Å²) in [5.41, 5.74) is -3.02. The van der Waals surface area contributed by atoms with Crippen molar-refractivity contribution < 1.29 is 93.9 Å². The number of aliphatic hydroxyl groups is 3. The Balaban J connectivity index is 1.15. The highest BCUT2D eigenvalue weighted by Crippen LogP contribution is 2.55. The molecule has 2 aliphatic heterocycles. The molecule has 0 bridgehead atoms. The summed E-state index contributed by atoms with van der Waals surface area (Å²) in [5, 5.41) is 103. The fourth-order valence-corrected chi connectivity index (χ4v) is 6.80. The maximum absolute atomic E-state index is 13.9. The molecule has 0 radical (unpaired) electrons. The molecule has 10 N–H and O–H groups in total. The van der Waals surface area contributed by atoms with Gasteiger partial charge in [-0.05, 0) is 65.7 Å². The van der Waals surface area contributed by atoms with Gasteiger partial charge in [-0.15, -0.1) is 0 Å². The molecule has 306 valence electrons. The van der Waals surface area contributed by atoms with Gasteiger partial charge in [-0.25, -0.2) is 14.4 Å². The van der Waals surface area contributed by atoms with Crippen LogP contribution in [0.4, 0.5) is 0 Å². The van der Waals surface area contributed by atoms with Crippen LogP contribution in [0.1, 0.15) is 39.9 Å². The molecular weight excluding hydrogens is 784 g/mol. The first-order valence-electron chi connectivity index (χ1n) is 17.3. The number of aliphatic hydroxyl groups excluding tert-OH is 1. The predicted molar refractivity (Wildman–Crippen MR) is 194 cm³/mol. The van der Waals surface area contributed by atoms with Crippen LogP contribution < -0.4 is 14.2 Å². The van der Waals surface area contributed by atoms with Gasteiger partial charge in [0.25, 0.3) is 5.78 Å². The van der Waals surface area contributed by atoms with Gasteiger partial charge in [-0.3, -0.25) is 4.79 Å². The molecule has 3 aliphatic rings. The van der Waals surface area contributed by atoms with Gasteiger partial charge in [0.2, 0.25) is 0 Å². The molecule has 4 aromatic rings. The number of benzene rings is 4. The van der Waals surface area contributed by atoms with Crippen molar-refractivity contribution in [3.8, 4) is 51.7 Å². The third-order valence-electron chi connectivity index (χ3n) is 9.71. The molecule has 6 atom stereocenters. The number of Topliss-reactive ketones (excluding diaryl/α,β-unsaturated/α-hetero) is 1. The zero-order valence-electron chi connectivity index (χ0n) is 30.0. The number of carbonyl (C=O) groups is 4. The molecule has 4 aromatic carbocycles. The molecule has 1 saturated carbocycles. The van der Waals surface area contributed by atoms with Crippen LogP contribution in [0.5, 0.6) is 51.7 Å². The van der Waals surface area contributed by atoms with Crippen molar-refractivity contribution in [1.82, 2.24) is 0 Å². The maximum Gasteiger partial charge on any atom is 0.357 e. The Hall–Kier alpha value is -7.48. The number of carbonyl (C=O) groups excluding carboxylic acids is 3. The van der Waals surface area contributed by atoms with E-state index < -0.39 is 118 Å². The van der Waals surface area contributed by atoms with Gasteiger partial charge < -0.3 is 74.7 Å². The van der Waals surface area contributed by atoms with Crippen LogP contribution in [0.25, 0.3) is 12.2 Å². The second-order valence-electron chi connectivity index (χ2n) is 13.7. The van der Waals surface area contributed by atoms with Crippen molar-refractivity contribution >= 4 is 35.8 Å². The Kier molecular flexibility index (Phi) is 9.75. The van der Waals surface area contributed by atoms with E-state index in [4.69, 9.17) is 23.7 Å². The largest absolute Gasteiger partial charge is 0.508 e. The average molecular weight is 817 g/mol. The number of aromatic hydroxyl groups is 6. The summed E-state index contributed by atoms with van der Waals surface area (Å²) >= 11 is 0. The van der Waals surface area contributed by atoms with Crippen LogP contribution in [-0.4, -0.2) is 104 Å². The monoisotopic (exact) mass is 816 g/mol. The van der Waals surface area contributed by atoms with Crippen molar-refractivity contribution in [3.05, 3.63) is 101 Å². The first-order chi connectivity index (χ1) is 27.8. The topological polar surface area (TPSA) is 317 Å². The molecule has 59 heavy (non-hydrogen) atoms. The average Bonchev–Trinajstić information content (AvgIpc) is 3.16. The minimum Gasteiger partial charge on any atom is -0.508 e. The van der Waals surface area contributed by atoms with Gasteiger partial charge in [0.1, 0.15) is 28.9 Å². The van der Waals surface area contributed by atoms with E-state index in [9.17, 15) is 70.2 Å². The van der Waals surface area contributed by atoms with Crippen LogP contribution in [0.3, 0.4) is 0 Å². The highest BCUT2D eigenvalue weighted by Gasteiger charge is 2.71. The fraction of sp³-hybridized carbons (Fsp3) is 0.200. The van der Waals surface area contributed by atoms with Gasteiger partial charge in [0, 0.05) is 42.7 Å². The number of hydrogen-bond acceptors (Lipinski definition) is 18. The van der Waals surface area contributed by atoms with E-state index in [1.165, 1.54) is 42.5 Å². The SMILES string of the molecule is O=C(/C=C/c1ccc(O)c(O)c1)O[C@@H]1[C@H](O)C[C@@](O)(C(=O)O)C[C@H]1OC(=O)/C=C/c1ccc2c(c1)OC1(c3ccc(O)c(O)c3)Oc3cc(O)cc(O)c3C(=O)C1(O)O2. The Morgan fingerprint density at radius 2 is 1.27 bits per heavy atom. The van der Waals surface area contributed by atoms with Crippen molar-refractivity contribution in [2.24, 2.45) is 0 Å². The highest BCUT2D eigenvalue weighted by atomic mass is 16.8. The van der Waals surface area contributed by atoms with Gasteiger partial charge in [-0.1, -0.05) is 12.1 Å². The molecule has 0 aromatic heterocycles. The summed E-state index contributed by atoms with van der Waals surface area (Å²) in [6, 6.07) is 12.3. The molecule has 0 saturated heterocycles. The second kappa shape index (κ2) is 14.5. The number of rotatable bonds is 8. The van der Waals surface area contributed by atoms with E-state index in [1.54, 1.807) is 0 Å². The summed E-state index contributed by atoms with van der Waals surface area (Å²) in [5.74, 6) is -15.5. The number of phenols is 6. The van der Waals surface area contributed by atoms with Gasteiger partial charge in [0.05, 0.1) is 6.10 Å². The summed E-state index contributed by atoms with van der Waals surface area (Å²) in [7, 11) is 0. The molecule has 7 rings (SSSR count). The number of phenolic OH excluding ortho intramolecular Hbond substituents is 6. The molecule has 0 amide bonds. The van der Waals surface area contributed by atoms with Crippen molar-refractivity contribution in [1.29, 1.82) is 0 Å². The lowest BCUT2D eigenvalue weighted by Crippen LogP contribution is -2.70. The molecule has 2 heterocycles. The summed E-state index contributed by atoms with van der Waals surface area (Å²) in [6.07, 6.45) is -2.65. The summed E-state index contributed by atoms with van der Waals surface area (Å²) in [4.78, 5) is 51.7. The molecule has 0 spiro atoms. The first kappa shape index (κ1) is 39.7. The second-order valence-corrected chi connectivity index (χ2v) is 13.7. The maximum atomic E-state index is 13.9. The smallest absolute Gasteiger partial charge is 0.357 e. The number of ether oxygens (including phenoxy) is 5. The van der Waals surface area contributed by atoms with Gasteiger partial charge in [-0.2, -0.15) is 0 Å².